The standard InChI is InChI=1S/C21H32N6O2.HI/c1-5-28-17-11-10-16(13-18(17)29-6-2)15(3)24-21(22-4)23-14-20-26-25-19-9-7-8-12-27(19)20;/h10-11,13,15H,5-9,12,14H2,1-4H3,(H2,22,23,24);1H. The summed E-state index contributed by atoms with van der Waals surface area (Å²) < 4.78 is 13.6. The number of aromatic nitrogens is 3. The maximum absolute atomic E-state index is 5.74. The first-order valence-corrected chi connectivity index (χ1v) is 10.4. The van der Waals surface area contributed by atoms with Crippen LogP contribution in [0.4, 0.5) is 0 Å². The van der Waals surface area contributed by atoms with Gasteiger partial charge in [0.25, 0.3) is 0 Å². The number of nitrogens with one attached hydrogen (secondary N) is 2. The van der Waals surface area contributed by atoms with E-state index < -0.39 is 0 Å². The summed E-state index contributed by atoms with van der Waals surface area (Å²) in [6.07, 6.45) is 3.39. The Morgan fingerprint density at radius 2 is 1.93 bits per heavy atom. The number of nitrogens with zero attached hydrogens (tertiary/aromatic N) is 4. The van der Waals surface area contributed by atoms with Gasteiger partial charge in [0.1, 0.15) is 5.82 Å². The van der Waals surface area contributed by atoms with Crippen molar-refractivity contribution in [2.45, 2.75) is 59.2 Å². The van der Waals surface area contributed by atoms with Crippen LogP contribution in [0.25, 0.3) is 0 Å². The van der Waals surface area contributed by atoms with E-state index in [9.17, 15) is 0 Å². The highest BCUT2D eigenvalue weighted by molar-refractivity contribution is 14.0. The first kappa shape index (κ1) is 24.2. The summed E-state index contributed by atoms with van der Waals surface area (Å²) in [6.45, 7) is 8.82. The Bertz CT molecular complexity index is 839. The van der Waals surface area contributed by atoms with Crippen molar-refractivity contribution in [3.63, 3.8) is 0 Å². The third-order valence-electron chi connectivity index (χ3n) is 4.99. The van der Waals surface area contributed by atoms with Crippen molar-refractivity contribution in [3.8, 4) is 11.5 Å². The molecular formula is C21H33IN6O2. The fourth-order valence-corrected chi connectivity index (χ4v) is 3.48. The minimum absolute atomic E-state index is 0. The van der Waals surface area contributed by atoms with Crippen LogP contribution >= 0.6 is 24.0 Å². The highest BCUT2D eigenvalue weighted by Gasteiger charge is 2.17. The van der Waals surface area contributed by atoms with E-state index in [0.29, 0.717) is 19.8 Å². The molecule has 0 spiro atoms. The second kappa shape index (κ2) is 12.0. The van der Waals surface area contributed by atoms with Crippen LogP contribution in [-0.2, 0) is 19.5 Å². The minimum Gasteiger partial charge on any atom is -0.490 e. The summed E-state index contributed by atoms with van der Waals surface area (Å²) >= 11 is 0. The summed E-state index contributed by atoms with van der Waals surface area (Å²) in [5.74, 6) is 4.29. The maximum atomic E-state index is 5.74. The summed E-state index contributed by atoms with van der Waals surface area (Å²) in [6, 6.07) is 6.07. The quantitative estimate of drug-likeness (QED) is 0.310. The van der Waals surface area contributed by atoms with Crippen LogP contribution in [0.15, 0.2) is 23.2 Å². The third-order valence-corrected chi connectivity index (χ3v) is 4.99. The molecule has 2 N–H and O–H groups in total. The average Bonchev–Trinajstić information content (AvgIpc) is 3.15. The molecule has 166 valence electrons. The molecule has 1 unspecified atom stereocenters. The molecule has 0 saturated carbocycles. The van der Waals surface area contributed by atoms with Gasteiger partial charge in [0.15, 0.2) is 23.3 Å². The van der Waals surface area contributed by atoms with Crippen LogP contribution in [0, 0.1) is 0 Å². The lowest BCUT2D eigenvalue weighted by atomic mass is 10.1. The number of rotatable bonds is 8. The molecule has 1 aliphatic heterocycles. The van der Waals surface area contributed by atoms with Crippen molar-refractivity contribution >= 4 is 29.9 Å². The zero-order valence-corrected chi connectivity index (χ0v) is 20.6. The molecule has 1 atom stereocenters. The minimum atomic E-state index is 0. The van der Waals surface area contributed by atoms with E-state index in [4.69, 9.17) is 9.47 Å². The lowest BCUT2D eigenvalue weighted by molar-refractivity contribution is 0.287. The fraction of sp³-hybridized carbons (Fsp3) is 0.571. The number of halogens is 1. The largest absolute Gasteiger partial charge is 0.490 e. The van der Waals surface area contributed by atoms with Crippen molar-refractivity contribution in [3.05, 3.63) is 35.4 Å². The van der Waals surface area contributed by atoms with Crippen molar-refractivity contribution in [1.29, 1.82) is 0 Å². The average molecular weight is 528 g/mol. The Balaban J connectivity index is 0.00000320. The van der Waals surface area contributed by atoms with Gasteiger partial charge in [-0.25, -0.2) is 0 Å². The van der Waals surface area contributed by atoms with Crippen molar-refractivity contribution < 1.29 is 9.47 Å². The summed E-state index contributed by atoms with van der Waals surface area (Å²) in [7, 11) is 1.77. The first-order valence-electron chi connectivity index (χ1n) is 10.4. The Kier molecular flexibility index (Phi) is 9.67. The van der Waals surface area contributed by atoms with Crippen LogP contribution in [0.5, 0.6) is 11.5 Å². The Labute approximate surface area is 195 Å². The Morgan fingerprint density at radius 3 is 2.67 bits per heavy atom. The van der Waals surface area contributed by atoms with E-state index in [0.717, 1.165) is 47.6 Å². The number of aryl methyl sites for hydroxylation is 1. The molecule has 2 aromatic rings. The smallest absolute Gasteiger partial charge is 0.191 e. The van der Waals surface area contributed by atoms with Gasteiger partial charge in [-0.15, -0.1) is 34.2 Å². The summed E-state index contributed by atoms with van der Waals surface area (Å²) in [5.41, 5.74) is 1.10. The second-order valence-corrected chi connectivity index (χ2v) is 7.01. The van der Waals surface area contributed by atoms with Crippen LogP contribution in [0.1, 0.15) is 56.9 Å². The van der Waals surface area contributed by atoms with Gasteiger partial charge >= 0.3 is 0 Å². The molecular weight excluding hydrogens is 495 g/mol. The van der Waals surface area contributed by atoms with E-state index >= 15 is 0 Å². The number of benzene rings is 1. The molecule has 0 aliphatic carbocycles. The van der Waals surface area contributed by atoms with Gasteiger partial charge in [-0.3, -0.25) is 4.99 Å². The monoisotopic (exact) mass is 528 g/mol. The fourth-order valence-electron chi connectivity index (χ4n) is 3.48. The van der Waals surface area contributed by atoms with Crippen molar-refractivity contribution in [2.24, 2.45) is 4.99 Å². The van der Waals surface area contributed by atoms with Gasteiger partial charge in [0, 0.05) is 20.0 Å². The van der Waals surface area contributed by atoms with Crippen LogP contribution in [0.3, 0.4) is 0 Å². The van der Waals surface area contributed by atoms with Gasteiger partial charge in [0.2, 0.25) is 0 Å². The van der Waals surface area contributed by atoms with Crippen molar-refractivity contribution in [2.75, 3.05) is 20.3 Å². The number of fused-ring (bicyclic) bond motifs is 1. The molecule has 9 heteroatoms. The zero-order valence-electron chi connectivity index (χ0n) is 18.3. The van der Waals surface area contributed by atoms with E-state index in [1.807, 2.05) is 32.0 Å². The summed E-state index contributed by atoms with van der Waals surface area (Å²) in [5, 5.41) is 15.4. The predicted molar refractivity (Wildman–Crippen MR) is 129 cm³/mol. The first-order chi connectivity index (χ1) is 14.2. The molecule has 2 heterocycles. The highest BCUT2D eigenvalue weighted by Crippen LogP contribution is 2.30. The summed E-state index contributed by atoms with van der Waals surface area (Å²) in [4.78, 5) is 4.35. The number of guanidine groups is 1. The van der Waals surface area contributed by atoms with E-state index in [-0.39, 0.29) is 30.0 Å². The van der Waals surface area contributed by atoms with Crippen LogP contribution < -0.4 is 20.1 Å². The van der Waals surface area contributed by atoms with Gasteiger partial charge in [0.05, 0.1) is 25.8 Å². The topological polar surface area (TPSA) is 85.6 Å². The number of hydrogen-bond donors (Lipinski definition) is 2. The number of ether oxygens (including phenoxy) is 2. The molecule has 3 rings (SSSR count). The lowest BCUT2D eigenvalue weighted by Gasteiger charge is -2.20. The molecule has 0 saturated heterocycles. The van der Waals surface area contributed by atoms with Gasteiger partial charge < -0.3 is 24.7 Å². The number of hydrogen-bond acceptors (Lipinski definition) is 5. The highest BCUT2D eigenvalue weighted by atomic mass is 127. The van der Waals surface area contributed by atoms with Gasteiger partial charge in [-0.2, -0.15) is 0 Å². The molecule has 0 bridgehead atoms. The van der Waals surface area contributed by atoms with Gasteiger partial charge in [-0.05, 0) is 51.3 Å². The predicted octanol–water partition coefficient (Wildman–Crippen LogP) is 3.46. The Morgan fingerprint density at radius 1 is 1.17 bits per heavy atom. The van der Waals surface area contributed by atoms with Gasteiger partial charge in [-0.1, -0.05) is 6.07 Å². The molecule has 8 nitrogen and oxygen atoms in total. The maximum Gasteiger partial charge on any atom is 0.191 e. The van der Waals surface area contributed by atoms with Crippen LogP contribution in [-0.4, -0.2) is 41.0 Å². The molecule has 30 heavy (non-hydrogen) atoms. The lowest BCUT2D eigenvalue weighted by Crippen LogP contribution is -2.39. The SMILES string of the molecule is CCOc1ccc(C(C)NC(=NC)NCc2nnc3n2CCCC3)cc1OCC.I. The van der Waals surface area contributed by atoms with E-state index in [1.54, 1.807) is 7.05 Å². The molecule has 0 fully saturated rings. The molecule has 1 aromatic heterocycles. The molecule has 1 aliphatic rings. The van der Waals surface area contributed by atoms with E-state index in [1.165, 1.54) is 12.8 Å². The molecule has 0 radical (unpaired) electrons. The second-order valence-electron chi connectivity index (χ2n) is 7.01. The van der Waals surface area contributed by atoms with Crippen molar-refractivity contribution in [1.82, 2.24) is 25.4 Å². The molecule has 0 amide bonds. The third kappa shape index (κ3) is 5.99. The van der Waals surface area contributed by atoms with Crippen LogP contribution in [0.2, 0.25) is 0 Å². The Hall–Kier alpha value is -2.04. The van der Waals surface area contributed by atoms with E-state index in [2.05, 4.69) is 37.3 Å². The number of aliphatic imine (C=N–C) groups is 1. The zero-order chi connectivity index (χ0) is 20.6. The normalized spacial score (nSPS) is 14.3. The molecule has 1 aromatic carbocycles.